The predicted molar refractivity (Wildman–Crippen MR) is 76.2 cm³/mol. The molecule has 1 nitrogen and oxygen atoms in total. The van der Waals surface area contributed by atoms with Crippen molar-refractivity contribution in [1.82, 2.24) is 0 Å². The fourth-order valence-electron chi connectivity index (χ4n) is 2.63. The molecule has 1 aliphatic rings. The summed E-state index contributed by atoms with van der Waals surface area (Å²) in [6.45, 7) is 5.72. The van der Waals surface area contributed by atoms with E-state index in [2.05, 4.69) is 30.9 Å². The third-order valence-electron chi connectivity index (χ3n) is 3.58. The van der Waals surface area contributed by atoms with Crippen LogP contribution in [0.5, 0.6) is 0 Å². The van der Waals surface area contributed by atoms with Crippen LogP contribution in [0.25, 0.3) is 0 Å². The maximum absolute atomic E-state index is 6.22. The van der Waals surface area contributed by atoms with Crippen molar-refractivity contribution in [3.05, 3.63) is 28.8 Å². The Hall–Kier alpha value is -0.400. The lowest BCUT2D eigenvalue weighted by molar-refractivity contribution is 0.492. The largest absolute Gasteiger partial charge is 0.368 e. The zero-order valence-electron chi connectivity index (χ0n) is 10.4. The van der Waals surface area contributed by atoms with E-state index in [4.69, 9.17) is 23.2 Å². The molecule has 1 aromatic rings. The fraction of sp³-hybridized carbons (Fsp3) is 0.571. The lowest BCUT2D eigenvalue weighted by atomic mass is 10.0. The first-order valence-corrected chi connectivity index (χ1v) is 7.15. The SMILES string of the molecule is CC(C)C1CCCN1c1ccc(CCl)c(Cl)c1. The maximum Gasteiger partial charge on any atom is 0.0488 e. The van der Waals surface area contributed by atoms with E-state index in [0.717, 1.165) is 17.1 Å². The number of halogens is 2. The van der Waals surface area contributed by atoms with Gasteiger partial charge in [0.1, 0.15) is 0 Å². The van der Waals surface area contributed by atoms with Crippen molar-refractivity contribution in [2.24, 2.45) is 5.92 Å². The molecule has 2 rings (SSSR count). The highest BCUT2D eigenvalue weighted by molar-refractivity contribution is 6.32. The van der Waals surface area contributed by atoms with Crippen molar-refractivity contribution < 1.29 is 0 Å². The van der Waals surface area contributed by atoms with Crippen LogP contribution in [0, 0.1) is 5.92 Å². The summed E-state index contributed by atoms with van der Waals surface area (Å²) in [6, 6.07) is 6.89. The van der Waals surface area contributed by atoms with E-state index in [0.29, 0.717) is 17.8 Å². The monoisotopic (exact) mass is 271 g/mol. The summed E-state index contributed by atoms with van der Waals surface area (Å²) in [5.41, 5.74) is 2.25. The maximum atomic E-state index is 6.22. The van der Waals surface area contributed by atoms with E-state index in [9.17, 15) is 0 Å². The molecule has 0 bridgehead atoms. The predicted octanol–water partition coefficient (Wildman–Crippen LogP) is 4.70. The molecule has 0 amide bonds. The summed E-state index contributed by atoms with van der Waals surface area (Å²) < 4.78 is 0. The Morgan fingerprint density at radius 3 is 2.76 bits per heavy atom. The van der Waals surface area contributed by atoms with E-state index >= 15 is 0 Å². The van der Waals surface area contributed by atoms with Crippen LogP contribution in [0.15, 0.2) is 18.2 Å². The van der Waals surface area contributed by atoms with Crippen LogP contribution in [0.3, 0.4) is 0 Å². The normalized spacial score (nSPS) is 20.3. The van der Waals surface area contributed by atoms with E-state index < -0.39 is 0 Å². The Morgan fingerprint density at radius 2 is 2.18 bits per heavy atom. The molecule has 0 aromatic heterocycles. The Kier molecular flexibility index (Phi) is 4.22. The van der Waals surface area contributed by atoms with Gasteiger partial charge in [0.2, 0.25) is 0 Å². The minimum atomic E-state index is 0.479. The summed E-state index contributed by atoms with van der Waals surface area (Å²) in [6.07, 6.45) is 2.56. The van der Waals surface area contributed by atoms with Crippen LogP contribution in [0.1, 0.15) is 32.3 Å². The second-order valence-corrected chi connectivity index (χ2v) is 5.73. The Morgan fingerprint density at radius 1 is 1.41 bits per heavy atom. The number of nitrogens with zero attached hydrogens (tertiary/aromatic N) is 1. The Labute approximate surface area is 114 Å². The first-order valence-electron chi connectivity index (χ1n) is 6.24. The molecule has 1 aliphatic heterocycles. The van der Waals surface area contributed by atoms with Gasteiger partial charge in [0, 0.05) is 29.2 Å². The van der Waals surface area contributed by atoms with Crippen molar-refractivity contribution in [2.45, 2.75) is 38.6 Å². The summed E-state index contributed by atoms with van der Waals surface area (Å²) in [7, 11) is 0. The standard InChI is InChI=1S/C14H19Cl2N/c1-10(2)14-4-3-7-17(14)12-6-5-11(9-15)13(16)8-12/h5-6,8,10,14H,3-4,7,9H2,1-2H3. The number of hydrogen-bond acceptors (Lipinski definition) is 1. The molecule has 0 radical (unpaired) electrons. The highest BCUT2D eigenvalue weighted by Gasteiger charge is 2.27. The topological polar surface area (TPSA) is 3.24 Å². The van der Waals surface area contributed by atoms with Gasteiger partial charge in [0.05, 0.1) is 0 Å². The Bertz CT molecular complexity index is 390. The molecule has 0 N–H and O–H groups in total. The van der Waals surface area contributed by atoms with Gasteiger partial charge in [-0.05, 0) is 36.5 Å². The number of benzene rings is 1. The number of anilines is 1. The molecule has 1 saturated heterocycles. The minimum Gasteiger partial charge on any atom is -0.368 e. The molecule has 0 aliphatic carbocycles. The van der Waals surface area contributed by atoms with Crippen molar-refractivity contribution in [1.29, 1.82) is 0 Å². The average molecular weight is 272 g/mol. The summed E-state index contributed by atoms with van der Waals surface area (Å²) in [5, 5.41) is 0.784. The van der Waals surface area contributed by atoms with Crippen LogP contribution >= 0.6 is 23.2 Å². The van der Waals surface area contributed by atoms with Gasteiger partial charge in [-0.25, -0.2) is 0 Å². The molecule has 1 unspecified atom stereocenters. The summed E-state index contributed by atoms with van der Waals surface area (Å²) in [4.78, 5) is 2.48. The molecule has 94 valence electrons. The van der Waals surface area contributed by atoms with Crippen LogP contribution in [-0.2, 0) is 5.88 Å². The molecule has 1 fully saturated rings. The molecule has 17 heavy (non-hydrogen) atoms. The van der Waals surface area contributed by atoms with Crippen molar-refractivity contribution in [3.63, 3.8) is 0 Å². The molecule has 1 heterocycles. The van der Waals surface area contributed by atoms with E-state index in [1.54, 1.807) is 0 Å². The van der Waals surface area contributed by atoms with Crippen LogP contribution in [-0.4, -0.2) is 12.6 Å². The Balaban J connectivity index is 2.24. The van der Waals surface area contributed by atoms with Gasteiger partial charge in [-0.3, -0.25) is 0 Å². The van der Waals surface area contributed by atoms with Gasteiger partial charge in [-0.1, -0.05) is 31.5 Å². The van der Waals surface area contributed by atoms with Crippen molar-refractivity contribution in [2.75, 3.05) is 11.4 Å². The van der Waals surface area contributed by atoms with Gasteiger partial charge >= 0.3 is 0 Å². The average Bonchev–Trinajstić information content (AvgIpc) is 2.77. The van der Waals surface area contributed by atoms with Crippen LogP contribution < -0.4 is 4.90 Å². The summed E-state index contributed by atoms with van der Waals surface area (Å²) in [5.74, 6) is 1.16. The number of hydrogen-bond donors (Lipinski definition) is 0. The highest BCUT2D eigenvalue weighted by Crippen LogP contribution is 2.32. The second kappa shape index (κ2) is 5.49. The van der Waals surface area contributed by atoms with Crippen molar-refractivity contribution >= 4 is 28.9 Å². The van der Waals surface area contributed by atoms with Crippen LogP contribution in [0.2, 0.25) is 5.02 Å². The molecule has 0 spiro atoms. The van der Waals surface area contributed by atoms with E-state index in [1.165, 1.54) is 18.5 Å². The van der Waals surface area contributed by atoms with Gasteiger partial charge in [-0.15, -0.1) is 11.6 Å². The van der Waals surface area contributed by atoms with Gasteiger partial charge < -0.3 is 4.90 Å². The van der Waals surface area contributed by atoms with Crippen LogP contribution in [0.4, 0.5) is 5.69 Å². The van der Waals surface area contributed by atoms with Gasteiger partial charge in [0.15, 0.2) is 0 Å². The zero-order valence-corrected chi connectivity index (χ0v) is 11.9. The van der Waals surface area contributed by atoms with Crippen molar-refractivity contribution in [3.8, 4) is 0 Å². The van der Waals surface area contributed by atoms with Gasteiger partial charge in [-0.2, -0.15) is 0 Å². The number of alkyl halides is 1. The lowest BCUT2D eigenvalue weighted by Gasteiger charge is -2.30. The molecule has 0 saturated carbocycles. The molecule has 3 heteroatoms. The molecular weight excluding hydrogens is 253 g/mol. The van der Waals surface area contributed by atoms with E-state index in [-0.39, 0.29) is 0 Å². The molecular formula is C14H19Cl2N. The minimum absolute atomic E-state index is 0.479. The smallest absolute Gasteiger partial charge is 0.0488 e. The lowest BCUT2D eigenvalue weighted by Crippen LogP contribution is -2.33. The second-order valence-electron chi connectivity index (χ2n) is 5.06. The molecule has 1 atom stereocenters. The zero-order chi connectivity index (χ0) is 12.4. The third kappa shape index (κ3) is 2.71. The van der Waals surface area contributed by atoms with Gasteiger partial charge in [0.25, 0.3) is 0 Å². The highest BCUT2D eigenvalue weighted by atomic mass is 35.5. The quantitative estimate of drug-likeness (QED) is 0.721. The first-order chi connectivity index (χ1) is 8.13. The first kappa shape index (κ1) is 13.0. The number of rotatable bonds is 3. The third-order valence-corrected chi connectivity index (χ3v) is 4.22. The molecule has 1 aromatic carbocycles. The fourth-order valence-corrected chi connectivity index (χ4v) is 3.17. The van der Waals surface area contributed by atoms with E-state index in [1.807, 2.05) is 6.07 Å². The summed E-state index contributed by atoms with van der Waals surface area (Å²) >= 11 is 12.0.